The first-order chi connectivity index (χ1) is 8.66. The molecule has 18 heavy (non-hydrogen) atoms. The number of nitrogens with one attached hydrogen (secondary N) is 2. The zero-order chi connectivity index (χ0) is 13.0. The van der Waals surface area contributed by atoms with Crippen molar-refractivity contribution < 1.29 is 8.78 Å². The van der Waals surface area contributed by atoms with Gasteiger partial charge in [0.05, 0.1) is 0 Å². The summed E-state index contributed by atoms with van der Waals surface area (Å²) in [7, 11) is 0. The third kappa shape index (κ3) is 3.50. The standard InChI is InChI=1S/C14H20F2N2/c1-10(13-6-5-11(15)8-14(13)16)18-9-12-4-2-3-7-17-12/h5-6,8,10,12,17-18H,2-4,7,9H2,1H3. The molecule has 0 aliphatic carbocycles. The first-order valence-corrected chi connectivity index (χ1v) is 6.58. The predicted molar refractivity (Wildman–Crippen MR) is 68.4 cm³/mol. The summed E-state index contributed by atoms with van der Waals surface area (Å²) in [5.74, 6) is -1.01. The van der Waals surface area contributed by atoms with Crippen LogP contribution in [0.4, 0.5) is 8.78 Å². The van der Waals surface area contributed by atoms with Gasteiger partial charge in [0, 0.05) is 30.3 Å². The molecule has 1 aromatic rings. The molecule has 1 aliphatic heterocycles. The lowest BCUT2D eigenvalue weighted by atomic mass is 10.0. The summed E-state index contributed by atoms with van der Waals surface area (Å²) in [4.78, 5) is 0. The van der Waals surface area contributed by atoms with E-state index in [2.05, 4.69) is 10.6 Å². The Morgan fingerprint density at radius 1 is 1.39 bits per heavy atom. The topological polar surface area (TPSA) is 24.1 Å². The van der Waals surface area contributed by atoms with E-state index in [9.17, 15) is 8.78 Å². The average molecular weight is 254 g/mol. The minimum Gasteiger partial charge on any atom is -0.313 e. The van der Waals surface area contributed by atoms with Gasteiger partial charge in [-0.25, -0.2) is 8.78 Å². The van der Waals surface area contributed by atoms with Crippen LogP contribution in [0.1, 0.15) is 37.8 Å². The van der Waals surface area contributed by atoms with Crippen LogP contribution in [0.2, 0.25) is 0 Å². The van der Waals surface area contributed by atoms with E-state index in [1.54, 1.807) is 0 Å². The van der Waals surface area contributed by atoms with E-state index < -0.39 is 11.6 Å². The molecule has 2 nitrogen and oxygen atoms in total. The van der Waals surface area contributed by atoms with Crippen LogP contribution in [0.25, 0.3) is 0 Å². The number of rotatable bonds is 4. The molecule has 2 N–H and O–H groups in total. The number of piperidine rings is 1. The minimum atomic E-state index is -0.530. The van der Waals surface area contributed by atoms with E-state index in [1.165, 1.54) is 25.0 Å². The molecule has 1 heterocycles. The van der Waals surface area contributed by atoms with Crippen molar-refractivity contribution in [3.63, 3.8) is 0 Å². The van der Waals surface area contributed by atoms with E-state index in [4.69, 9.17) is 0 Å². The van der Waals surface area contributed by atoms with Crippen molar-refractivity contribution in [3.8, 4) is 0 Å². The van der Waals surface area contributed by atoms with Gasteiger partial charge >= 0.3 is 0 Å². The molecular weight excluding hydrogens is 234 g/mol. The molecule has 2 unspecified atom stereocenters. The van der Waals surface area contributed by atoms with Crippen LogP contribution in [0, 0.1) is 11.6 Å². The third-order valence-corrected chi connectivity index (χ3v) is 3.51. The van der Waals surface area contributed by atoms with Gasteiger partial charge in [-0.15, -0.1) is 0 Å². The highest BCUT2D eigenvalue weighted by Gasteiger charge is 2.15. The van der Waals surface area contributed by atoms with Gasteiger partial charge in [-0.1, -0.05) is 12.5 Å². The van der Waals surface area contributed by atoms with Crippen molar-refractivity contribution in [2.24, 2.45) is 0 Å². The van der Waals surface area contributed by atoms with Crippen molar-refractivity contribution in [1.29, 1.82) is 0 Å². The summed E-state index contributed by atoms with van der Waals surface area (Å²) < 4.78 is 26.4. The molecule has 0 saturated carbocycles. The minimum absolute atomic E-state index is 0.102. The van der Waals surface area contributed by atoms with Crippen molar-refractivity contribution >= 4 is 0 Å². The SMILES string of the molecule is CC(NCC1CCCCN1)c1ccc(F)cc1F. The summed E-state index contributed by atoms with van der Waals surface area (Å²) in [6, 6.07) is 4.11. The first-order valence-electron chi connectivity index (χ1n) is 6.58. The Hall–Kier alpha value is -1.00. The quantitative estimate of drug-likeness (QED) is 0.863. The van der Waals surface area contributed by atoms with Gasteiger partial charge in [0.1, 0.15) is 11.6 Å². The second kappa shape index (κ2) is 6.25. The molecular formula is C14H20F2N2. The van der Waals surface area contributed by atoms with Crippen LogP contribution < -0.4 is 10.6 Å². The van der Waals surface area contributed by atoms with Gasteiger partial charge in [0.2, 0.25) is 0 Å². The van der Waals surface area contributed by atoms with Crippen LogP contribution in [-0.2, 0) is 0 Å². The molecule has 0 aromatic heterocycles. The maximum atomic E-state index is 13.6. The lowest BCUT2D eigenvalue weighted by Crippen LogP contribution is -2.42. The van der Waals surface area contributed by atoms with E-state index in [-0.39, 0.29) is 6.04 Å². The molecule has 1 aliphatic rings. The number of hydrogen-bond donors (Lipinski definition) is 2. The number of benzene rings is 1. The second-order valence-corrected chi connectivity index (χ2v) is 4.94. The maximum Gasteiger partial charge on any atom is 0.130 e. The molecule has 0 spiro atoms. The fourth-order valence-corrected chi connectivity index (χ4v) is 2.38. The largest absolute Gasteiger partial charge is 0.313 e. The average Bonchev–Trinajstić information content (AvgIpc) is 2.37. The highest BCUT2D eigenvalue weighted by Crippen LogP contribution is 2.18. The number of halogens is 2. The Bertz CT molecular complexity index is 389. The Morgan fingerprint density at radius 3 is 2.89 bits per heavy atom. The van der Waals surface area contributed by atoms with E-state index in [1.807, 2.05) is 6.92 Å². The van der Waals surface area contributed by atoms with Crippen LogP contribution in [-0.4, -0.2) is 19.1 Å². The highest BCUT2D eigenvalue weighted by atomic mass is 19.1. The van der Waals surface area contributed by atoms with Gasteiger partial charge in [-0.05, 0) is 32.4 Å². The fraction of sp³-hybridized carbons (Fsp3) is 0.571. The summed E-state index contributed by atoms with van der Waals surface area (Å²) in [5.41, 5.74) is 0.521. The zero-order valence-electron chi connectivity index (χ0n) is 10.7. The van der Waals surface area contributed by atoms with Gasteiger partial charge in [0.25, 0.3) is 0 Å². The molecule has 2 rings (SSSR count). The Labute approximate surface area is 107 Å². The molecule has 0 amide bonds. The molecule has 0 radical (unpaired) electrons. The van der Waals surface area contributed by atoms with Crippen LogP contribution in [0.3, 0.4) is 0 Å². The van der Waals surface area contributed by atoms with Gasteiger partial charge in [-0.2, -0.15) is 0 Å². The summed E-state index contributed by atoms with van der Waals surface area (Å²) in [5, 5.41) is 6.74. The Morgan fingerprint density at radius 2 is 2.22 bits per heavy atom. The van der Waals surface area contributed by atoms with Gasteiger partial charge in [-0.3, -0.25) is 0 Å². The molecule has 100 valence electrons. The second-order valence-electron chi connectivity index (χ2n) is 4.94. The zero-order valence-corrected chi connectivity index (χ0v) is 10.7. The normalized spacial score (nSPS) is 21.8. The third-order valence-electron chi connectivity index (χ3n) is 3.51. The molecule has 0 bridgehead atoms. The monoisotopic (exact) mass is 254 g/mol. The van der Waals surface area contributed by atoms with E-state index >= 15 is 0 Å². The first kappa shape index (κ1) is 13.4. The summed E-state index contributed by atoms with van der Waals surface area (Å²) in [6.07, 6.45) is 3.64. The Kier molecular flexibility index (Phi) is 4.66. The molecule has 1 fully saturated rings. The summed E-state index contributed by atoms with van der Waals surface area (Å²) in [6.45, 7) is 3.78. The predicted octanol–water partition coefficient (Wildman–Crippen LogP) is 2.76. The molecule has 4 heteroatoms. The van der Waals surface area contributed by atoms with Crippen LogP contribution in [0.15, 0.2) is 18.2 Å². The molecule has 2 atom stereocenters. The lowest BCUT2D eigenvalue weighted by molar-refractivity contribution is 0.369. The van der Waals surface area contributed by atoms with E-state index in [0.717, 1.165) is 25.6 Å². The smallest absolute Gasteiger partial charge is 0.130 e. The number of hydrogen-bond acceptors (Lipinski definition) is 2. The van der Waals surface area contributed by atoms with Crippen molar-refractivity contribution in [1.82, 2.24) is 10.6 Å². The van der Waals surface area contributed by atoms with E-state index in [0.29, 0.717) is 11.6 Å². The summed E-state index contributed by atoms with van der Waals surface area (Å²) >= 11 is 0. The van der Waals surface area contributed by atoms with Gasteiger partial charge < -0.3 is 10.6 Å². The molecule has 1 saturated heterocycles. The van der Waals surface area contributed by atoms with Gasteiger partial charge in [0.15, 0.2) is 0 Å². The Balaban J connectivity index is 1.88. The van der Waals surface area contributed by atoms with Crippen molar-refractivity contribution in [2.75, 3.05) is 13.1 Å². The highest BCUT2D eigenvalue weighted by molar-refractivity contribution is 5.21. The lowest BCUT2D eigenvalue weighted by Gasteiger charge is -2.25. The van der Waals surface area contributed by atoms with Crippen molar-refractivity contribution in [2.45, 2.75) is 38.3 Å². The van der Waals surface area contributed by atoms with Crippen LogP contribution >= 0.6 is 0 Å². The van der Waals surface area contributed by atoms with Crippen LogP contribution in [0.5, 0.6) is 0 Å². The van der Waals surface area contributed by atoms with Crippen molar-refractivity contribution in [3.05, 3.63) is 35.4 Å². The maximum absolute atomic E-state index is 13.6. The molecule has 1 aromatic carbocycles. The fourth-order valence-electron chi connectivity index (χ4n) is 2.38.